The number of aromatic nitrogens is 3. The highest BCUT2D eigenvalue weighted by molar-refractivity contribution is 6.00. The van der Waals surface area contributed by atoms with Gasteiger partial charge in [0.15, 0.2) is 5.78 Å². The van der Waals surface area contributed by atoms with Gasteiger partial charge in [0.2, 0.25) is 5.70 Å². The molecule has 3 atom stereocenters. The predicted molar refractivity (Wildman–Crippen MR) is 141 cm³/mol. The minimum atomic E-state index is -0.559. The van der Waals surface area contributed by atoms with Crippen LogP contribution >= 0.6 is 0 Å². The lowest BCUT2D eigenvalue weighted by Gasteiger charge is -2.44. The van der Waals surface area contributed by atoms with Crippen LogP contribution in [-0.2, 0) is 16.6 Å². The van der Waals surface area contributed by atoms with Gasteiger partial charge in [0, 0.05) is 41.9 Å². The van der Waals surface area contributed by atoms with Crippen LogP contribution in [0.3, 0.4) is 0 Å². The minimum Gasteiger partial charge on any atom is -0.357 e. The molecule has 1 aliphatic heterocycles. The molecule has 2 aromatic heterocycles. The van der Waals surface area contributed by atoms with Crippen molar-refractivity contribution in [3.63, 3.8) is 0 Å². The summed E-state index contributed by atoms with van der Waals surface area (Å²) in [6.07, 6.45) is 8.74. The van der Waals surface area contributed by atoms with E-state index in [0.717, 1.165) is 73.1 Å². The summed E-state index contributed by atoms with van der Waals surface area (Å²) in [5, 5.41) is 0. The zero-order valence-corrected chi connectivity index (χ0v) is 21.2. The first-order valence-electron chi connectivity index (χ1n) is 13.1. The van der Waals surface area contributed by atoms with Crippen LogP contribution in [-0.4, -0.2) is 33.4 Å². The van der Waals surface area contributed by atoms with Crippen molar-refractivity contribution in [2.45, 2.75) is 51.4 Å². The van der Waals surface area contributed by atoms with Gasteiger partial charge in [-0.25, -0.2) is 19.2 Å². The molecule has 2 aliphatic carbocycles. The molecule has 0 spiro atoms. The molecule has 1 aromatic carbocycles. The maximum atomic E-state index is 14.4. The van der Waals surface area contributed by atoms with E-state index in [4.69, 9.17) is 11.6 Å². The summed E-state index contributed by atoms with van der Waals surface area (Å²) in [7, 11) is 0. The second kappa shape index (κ2) is 8.95. The van der Waals surface area contributed by atoms with Gasteiger partial charge in [-0.2, -0.15) is 0 Å². The summed E-state index contributed by atoms with van der Waals surface area (Å²) in [5.41, 5.74) is 3.16. The molecule has 6 nitrogen and oxygen atoms in total. The van der Waals surface area contributed by atoms with Crippen molar-refractivity contribution in [3.8, 4) is 17.1 Å². The number of carbonyl (C=O) groups is 1. The Balaban J connectivity index is 1.57. The van der Waals surface area contributed by atoms with E-state index < -0.39 is 5.41 Å². The van der Waals surface area contributed by atoms with Crippen LogP contribution in [0, 0.1) is 24.2 Å². The Kier molecular flexibility index (Phi) is 5.71. The third kappa shape index (κ3) is 3.78. The molecule has 0 amide bonds. The van der Waals surface area contributed by atoms with E-state index in [0.29, 0.717) is 0 Å². The summed E-state index contributed by atoms with van der Waals surface area (Å²) in [6.45, 7) is 13.6. The summed E-state index contributed by atoms with van der Waals surface area (Å²) in [5.74, 6) is 1.10. The fraction of sp³-hybridized carbons (Fsp3) is 0.400. The highest BCUT2D eigenvalue weighted by Gasteiger charge is 2.50. The van der Waals surface area contributed by atoms with Crippen molar-refractivity contribution in [1.29, 1.82) is 0 Å². The highest BCUT2D eigenvalue weighted by atomic mass is 19.1. The van der Waals surface area contributed by atoms with E-state index in [2.05, 4.69) is 32.3 Å². The van der Waals surface area contributed by atoms with Crippen LogP contribution < -0.4 is 4.90 Å². The number of hydrogen-bond acceptors (Lipinski definition) is 4. The second-order valence-electron chi connectivity index (χ2n) is 10.7. The number of allylic oxidation sites excluding steroid dienone is 2. The molecule has 0 saturated carbocycles. The normalized spacial score (nSPS) is 25.2. The average molecular weight is 496 g/mol. The first-order chi connectivity index (χ1) is 17.9. The number of halogens is 1. The number of hydrogen-bond donors (Lipinski definition) is 0. The Morgan fingerprint density at radius 2 is 1.97 bits per heavy atom. The summed E-state index contributed by atoms with van der Waals surface area (Å²) >= 11 is 0. The van der Waals surface area contributed by atoms with Crippen LogP contribution in [0.25, 0.3) is 21.9 Å². The molecule has 0 bridgehead atoms. The summed E-state index contributed by atoms with van der Waals surface area (Å²) < 4.78 is 16.5. The maximum Gasteiger partial charge on any atom is 0.226 e. The topological polar surface area (TPSA) is 55.4 Å². The number of Topliss-reactive ketones (excluding diaryl/α,β-unsaturated/α-hetero) is 1. The van der Waals surface area contributed by atoms with Crippen LogP contribution in [0.5, 0.6) is 0 Å². The molecule has 6 rings (SSSR count). The Morgan fingerprint density at radius 3 is 2.73 bits per heavy atom. The van der Waals surface area contributed by atoms with Crippen molar-refractivity contribution in [3.05, 3.63) is 83.0 Å². The number of piperidine rings is 1. The zero-order chi connectivity index (χ0) is 25.7. The van der Waals surface area contributed by atoms with Gasteiger partial charge in [-0.15, -0.1) is 0 Å². The van der Waals surface area contributed by atoms with Crippen LogP contribution in [0.2, 0.25) is 0 Å². The lowest BCUT2D eigenvalue weighted by Crippen LogP contribution is -2.45. The largest absolute Gasteiger partial charge is 0.357 e. The smallest absolute Gasteiger partial charge is 0.226 e. The standard InChI is InChI=1S/C30H30FN5O/c1-19-23-10-11-25-28(30(23,2)18-24(32-3)27(19)37)34-29(36(25)22-9-7-8-21(31)17-22)20-12-13-33-26(16-20)35-14-5-4-6-15-35/h7-9,12-13,16-19,23H,4-6,10-11,14-15H2,1-2H3/t19-,23-,30-/m1/s1. The van der Waals surface area contributed by atoms with Crippen molar-refractivity contribution >= 4 is 11.6 Å². The molecule has 3 heterocycles. The van der Waals surface area contributed by atoms with E-state index in [9.17, 15) is 9.18 Å². The molecule has 1 saturated heterocycles. The number of nitrogens with zero attached hydrogens (tertiary/aromatic N) is 5. The lowest BCUT2D eigenvalue weighted by molar-refractivity contribution is -0.121. The van der Waals surface area contributed by atoms with Crippen molar-refractivity contribution < 1.29 is 9.18 Å². The van der Waals surface area contributed by atoms with Gasteiger partial charge in [0.1, 0.15) is 17.5 Å². The van der Waals surface area contributed by atoms with E-state index in [1.54, 1.807) is 12.1 Å². The number of rotatable bonds is 3. The average Bonchev–Trinajstić information content (AvgIpc) is 3.32. The van der Waals surface area contributed by atoms with E-state index >= 15 is 0 Å². The molecule has 7 heteroatoms. The van der Waals surface area contributed by atoms with Gasteiger partial charge in [0.25, 0.3) is 0 Å². The van der Waals surface area contributed by atoms with Crippen molar-refractivity contribution in [1.82, 2.24) is 14.5 Å². The van der Waals surface area contributed by atoms with Gasteiger partial charge >= 0.3 is 0 Å². The monoisotopic (exact) mass is 495 g/mol. The molecule has 0 unspecified atom stereocenters. The third-order valence-electron chi connectivity index (χ3n) is 8.52. The lowest BCUT2D eigenvalue weighted by atomic mass is 9.59. The van der Waals surface area contributed by atoms with Crippen LogP contribution in [0.4, 0.5) is 10.2 Å². The van der Waals surface area contributed by atoms with Gasteiger partial charge in [-0.1, -0.05) is 26.0 Å². The molecule has 188 valence electrons. The predicted octanol–water partition coefficient (Wildman–Crippen LogP) is 5.91. The Morgan fingerprint density at radius 1 is 1.16 bits per heavy atom. The number of imidazole rings is 1. The zero-order valence-electron chi connectivity index (χ0n) is 21.2. The summed E-state index contributed by atoms with van der Waals surface area (Å²) in [6, 6.07) is 10.7. The Hall–Kier alpha value is -3.79. The van der Waals surface area contributed by atoms with Gasteiger partial charge < -0.3 is 9.69 Å². The van der Waals surface area contributed by atoms with Gasteiger partial charge in [-0.05, 0) is 68.4 Å². The Bertz CT molecular complexity index is 1460. The molecular weight excluding hydrogens is 465 g/mol. The van der Waals surface area contributed by atoms with Crippen molar-refractivity contribution in [2.75, 3.05) is 18.0 Å². The molecule has 37 heavy (non-hydrogen) atoms. The van der Waals surface area contributed by atoms with Gasteiger partial charge in [-0.3, -0.25) is 4.57 Å². The summed E-state index contributed by atoms with van der Waals surface area (Å²) in [4.78, 5) is 28.6. The van der Waals surface area contributed by atoms with E-state index in [-0.39, 0.29) is 29.1 Å². The number of pyridine rings is 1. The highest BCUT2D eigenvalue weighted by Crippen LogP contribution is 2.51. The quantitative estimate of drug-likeness (QED) is 0.424. The maximum absolute atomic E-state index is 14.4. The first kappa shape index (κ1) is 23.6. The fourth-order valence-electron chi connectivity index (χ4n) is 6.63. The minimum absolute atomic E-state index is 0.0584. The third-order valence-corrected chi connectivity index (χ3v) is 8.52. The molecule has 3 aromatic rings. The number of ketones is 1. The number of carbonyl (C=O) groups excluding carboxylic acids is 1. The van der Waals surface area contributed by atoms with Crippen LogP contribution in [0.15, 0.2) is 54.4 Å². The number of benzene rings is 1. The molecule has 3 aliphatic rings. The van der Waals surface area contributed by atoms with Crippen LogP contribution in [0.1, 0.15) is 50.9 Å². The Labute approximate surface area is 216 Å². The second-order valence-corrected chi connectivity index (χ2v) is 10.7. The van der Waals surface area contributed by atoms with E-state index in [1.807, 2.05) is 31.3 Å². The number of fused-ring (bicyclic) bond motifs is 3. The molecule has 1 fully saturated rings. The van der Waals surface area contributed by atoms with Crippen molar-refractivity contribution in [2.24, 2.45) is 11.8 Å². The first-order valence-corrected chi connectivity index (χ1v) is 13.1. The number of anilines is 1. The molecule has 0 N–H and O–H groups in total. The molecular formula is C30H30FN5O. The fourth-order valence-corrected chi connectivity index (χ4v) is 6.63. The molecule has 0 radical (unpaired) electrons. The van der Waals surface area contributed by atoms with E-state index in [1.165, 1.54) is 12.5 Å². The van der Waals surface area contributed by atoms with Gasteiger partial charge in [0.05, 0.1) is 18.0 Å². The SMILES string of the molecule is [C-]#[N+]C1=C[C@@]2(C)c3nc(-c4ccnc(N5CCCCC5)c4)n(-c4cccc(F)c4)c3CC[C@@H]2[C@@H](C)C1=O.